The van der Waals surface area contributed by atoms with E-state index in [-0.39, 0.29) is 11.7 Å². The molecule has 0 aromatic carbocycles. The van der Waals surface area contributed by atoms with Gasteiger partial charge in [0, 0.05) is 30.9 Å². The number of hydrogen-bond donors (Lipinski definition) is 1. The number of ether oxygens (including phenoxy) is 1. The summed E-state index contributed by atoms with van der Waals surface area (Å²) in [7, 11) is 0. The molecule has 5 heteroatoms. The Labute approximate surface area is 101 Å². The minimum atomic E-state index is -0.126. The highest BCUT2D eigenvalue weighted by Crippen LogP contribution is 2.19. The van der Waals surface area contributed by atoms with Crippen LogP contribution in [0.15, 0.2) is 10.9 Å². The highest BCUT2D eigenvalue weighted by atomic mass is 16.5. The lowest BCUT2D eigenvalue weighted by molar-refractivity contribution is -0.0444. The second-order valence-corrected chi connectivity index (χ2v) is 4.72. The van der Waals surface area contributed by atoms with E-state index in [0.717, 1.165) is 18.8 Å². The van der Waals surface area contributed by atoms with E-state index in [1.54, 1.807) is 0 Å². The Morgan fingerprint density at radius 1 is 1.59 bits per heavy atom. The summed E-state index contributed by atoms with van der Waals surface area (Å²) in [6, 6.07) is 1.98. The third-order valence-electron chi connectivity index (χ3n) is 3.02. The van der Waals surface area contributed by atoms with Gasteiger partial charge in [-0.2, -0.15) is 0 Å². The first-order valence-corrected chi connectivity index (χ1v) is 6.00. The normalized spacial score (nSPS) is 22.0. The van der Waals surface area contributed by atoms with E-state index in [4.69, 9.17) is 4.74 Å². The number of nitrogens with zero attached hydrogens (tertiary/aromatic N) is 2. The van der Waals surface area contributed by atoms with Gasteiger partial charge >= 0.3 is 0 Å². The molecule has 0 bridgehead atoms. The lowest BCUT2D eigenvalue weighted by Gasteiger charge is -2.34. The Balaban J connectivity index is 2.18. The highest BCUT2D eigenvalue weighted by Gasteiger charge is 2.25. The molecule has 1 aromatic rings. The average molecular weight is 237 g/mol. The molecule has 0 radical (unpaired) electrons. The van der Waals surface area contributed by atoms with Gasteiger partial charge in [0.15, 0.2) is 0 Å². The predicted molar refractivity (Wildman–Crippen MR) is 65.0 cm³/mol. The molecule has 0 aliphatic carbocycles. The van der Waals surface area contributed by atoms with Gasteiger partial charge in [0.1, 0.15) is 11.9 Å². The minimum absolute atomic E-state index is 0.113. The molecule has 0 spiro atoms. The van der Waals surface area contributed by atoms with Gasteiger partial charge in [-0.15, -0.1) is 0 Å². The monoisotopic (exact) mass is 237 g/mol. The number of aryl methyl sites for hydroxylation is 1. The lowest BCUT2D eigenvalue weighted by atomic mass is 10.2. The zero-order chi connectivity index (χ0) is 12.4. The number of aromatic amines is 1. The number of morpholine rings is 1. The van der Waals surface area contributed by atoms with Gasteiger partial charge in [0.2, 0.25) is 0 Å². The largest absolute Gasteiger partial charge is 0.368 e. The summed E-state index contributed by atoms with van der Waals surface area (Å²) < 4.78 is 5.68. The summed E-state index contributed by atoms with van der Waals surface area (Å²) in [4.78, 5) is 20.8. The van der Waals surface area contributed by atoms with Crippen LogP contribution in [0.5, 0.6) is 0 Å². The van der Waals surface area contributed by atoms with E-state index in [9.17, 15) is 4.79 Å². The van der Waals surface area contributed by atoms with Crippen LogP contribution in [0.25, 0.3) is 0 Å². The van der Waals surface area contributed by atoms with Crippen LogP contribution in [0.2, 0.25) is 0 Å². The lowest BCUT2D eigenvalue weighted by Crippen LogP contribution is -2.43. The maximum absolute atomic E-state index is 11.4. The van der Waals surface area contributed by atoms with Crippen molar-refractivity contribution in [3.05, 3.63) is 27.9 Å². The fourth-order valence-electron chi connectivity index (χ4n) is 2.06. The van der Waals surface area contributed by atoms with E-state index in [0.29, 0.717) is 18.5 Å². The quantitative estimate of drug-likeness (QED) is 0.829. The van der Waals surface area contributed by atoms with Crippen molar-refractivity contribution in [2.45, 2.75) is 32.9 Å². The number of aromatic nitrogens is 2. The Bertz CT molecular complexity index is 442. The molecule has 2 heterocycles. The molecule has 1 aliphatic rings. The summed E-state index contributed by atoms with van der Waals surface area (Å²) in [5, 5.41) is 0. The smallest absolute Gasteiger partial charge is 0.251 e. The maximum atomic E-state index is 11.4. The van der Waals surface area contributed by atoms with Crippen LogP contribution in [0.1, 0.15) is 31.5 Å². The fraction of sp³-hybridized carbons (Fsp3) is 0.667. The first kappa shape index (κ1) is 12.3. The Kier molecular flexibility index (Phi) is 3.59. The van der Waals surface area contributed by atoms with Gasteiger partial charge < -0.3 is 9.72 Å². The van der Waals surface area contributed by atoms with E-state index in [2.05, 4.69) is 28.7 Å². The molecule has 1 aromatic heterocycles. The van der Waals surface area contributed by atoms with Crippen molar-refractivity contribution < 1.29 is 4.74 Å². The van der Waals surface area contributed by atoms with Crippen LogP contribution in [-0.2, 0) is 4.74 Å². The number of rotatable bonds is 2. The summed E-state index contributed by atoms with van der Waals surface area (Å²) in [6.07, 6.45) is -0.126. The molecule has 1 N–H and O–H groups in total. The molecule has 0 saturated carbocycles. The van der Waals surface area contributed by atoms with Gasteiger partial charge in [-0.3, -0.25) is 9.69 Å². The van der Waals surface area contributed by atoms with Gasteiger partial charge in [-0.1, -0.05) is 0 Å². The van der Waals surface area contributed by atoms with Crippen molar-refractivity contribution in [3.8, 4) is 0 Å². The third kappa shape index (κ3) is 2.92. The number of hydrogen-bond acceptors (Lipinski definition) is 4. The summed E-state index contributed by atoms with van der Waals surface area (Å²) >= 11 is 0. The second kappa shape index (κ2) is 4.98. The van der Waals surface area contributed by atoms with Crippen molar-refractivity contribution in [3.63, 3.8) is 0 Å². The van der Waals surface area contributed by atoms with Crippen molar-refractivity contribution in [1.29, 1.82) is 0 Å². The molecule has 17 heavy (non-hydrogen) atoms. The molecule has 94 valence electrons. The number of H-pyrrole nitrogens is 1. The van der Waals surface area contributed by atoms with Gasteiger partial charge in [-0.05, 0) is 20.8 Å². The van der Waals surface area contributed by atoms with Crippen LogP contribution in [-0.4, -0.2) is 40.6 Å². The van der Waals surface area contributed by atoms with Gasteiger partial charge in [0.05, 0.1) is 6.61 Å². The van der Waals surface area contributed by atoms with E-state index in [1.165, 1.54) is 6.07 Å². The van der Waals surface area contributed by atoms with Gasteiger partial charge in [0.25, 0.3) is 5.56 Å². The topological polar surface area (TPSA) is 58.2 Å². The van der Waals surface area contributed by atoms with Crippen molar-refractivity contribution in [2.75, 3.05) is 19.7 Å². The second-order valence-electron chi connectivity index (χ2n) is 4.72. The van der Waals surface area contributed by atoms with E-state index >= 15 is 0 Å². The van der Waals surface area contributed by atoms with Crippen molar-refractivity contribution >= 4 is 0 Å². The van der Waals surface area contributed by atoms with Crippen LogP contribution in [0.3, 0.4) is 0 Å². The van der Waals surface area contributed by atoms with Crippen LogP contribution in [0, 0.1) is 6.92 Å². The zero-order valence-electron chi connectivity index (χ0n) is 10.6. The fourth-order valence-corrected chi connectivity index (χ4v) is 2.06. The summed E-state index contributed by atoms with van der Waals surface area (Å²) in [6.45, 7) is 8.54. The molecule has 0 amide bonds. The standard InChI is InChI=1S/C12H19N3O2/c1-8(2)15-4-5-17-10(7-15)12-13-9(3)6-11(16)14-12/h6,8,10H,4-5,7H2,1-3H3,(H,13,14,16). The summed E-state index contributed by atoms with van der Waals surface area (Å²) in [5.41, 5.74) is 0.617. The molecule has 1 aliphatic heterocycles. The molecular formula is C12H19N3O2. The van der Waals surface area contributed by atoms with Crippen LogP contribution >= 0.6 is 0 Å². The summed E-state index contributed by atoms with van der Waals surface area (Å²) in [5.74, 6) is 0.639. The van der Waals surface area contributed by atoms with Crippen molar-refractivity contribution in [2.24, 2.45) is 0 Å². The molecule has 5 nitrogen and oxygen atoms in total. The average Bonchev–Trinajstić information content (AvgIpc) is 2.28. The predicted octanol–water partition coefficient (Wildman–Crippen LogP) is 0.860. The van der Waals surface area contributed by atoms with Gasteiger partial charge in [-0.25, -0.2) is 4.98 Å². The van der Waals surface area contributed by atoms with Crippen LogP contribution in [0.4, 0.5) is 0 Å². The SMILES string of the molecule is Cc1cc(=O)[nH]c(C2CN(C(C)C)CCO2)n1. The number of nitrogens with one attached hydrogen (secondary N) is 1. The molecular weight excluding hydrogens is 218 g/mol. The Morgan fingerprint density at radius 3 is 3.00 bits per heavy atom. The van der Waals surface area contributed by atoms with Crippen molar-refractivity contribution in [1.82, 2.24) is 14.9 Å². The highest BCUT2D eigenvalue weighted by molar-refractivity contribution is 5.03. The molecule has 2 rings (SSSR count). The molecule has 1 fully saturated rings. The maximum Gasteiger partial charge on any atom is 0.251 e. The molecule has 1 atom stereocenters. The molecule has 1 unspecified atom stereocenters. The zero-order valence-corrected chi connectivity index (χ0v) is 10.6. The van der Waals surface area contributed by atoms with Crippen LogP contribution < -0.4 is 5.56 Å². The van der Waals surface area contributed by atoms with E-state index < -0.39 is 0 Å². The first-order valence-electron chi connectivity index (χ1n) is 6.00. The first-order chi connectivity index (χ1) is 8.06. The Hall–Kier alpha value is -1.20. The Morgan fingerprint density at radius 2 is 2.35 bits per heavy atom. The molecule has 1 saturated heterocycles. The van der Waals surface area contributed by atoms with E-state index in [1.807, 2.05) is 6.92 Å². The third-order valence-corrected chi connectivity index (χ3v) is 3.02. The minimum Gasteiger partial charge on any atom is -0.368 e.